The van der Waals surface area contributed by atoms with Crippen LogP contribution in [0.25, 0.3) is 21.8 Å². The zero-order valence-electron chi connectivity index (χ0n) is 15.0. The number of carbonyl (C=O) groups excluding carboxylic acids is 1. The van der Waals surface area contributed by atoms with Gasteiger partial charge in [-0.3, -0.25) is 15.0 Å². The lowest BCUT2D eigenvalue weighted by atomic mass is 10.2. The normalized spacial score (nSPS) is 11.0. The van der Waals surface area contributed by atoms with E-state index in [-0.39, 0.29) is 5.56 Å². The van der Waals surface area contributed by atoms with E-state index < -0.39 is 5.91 Å². The van der Waals surface area contributed by atoms with Gasteiger partial charge in [0.1, 0.15) is 11.4 Å². The molecule has 0 aliphatic heterocycles. The van der Waals surface area contributed by atoms with Gasteiger partial charge in [-0.05, 0) is 36.4 Å². The Bertz CT molecular complexity index is 1350. The quantitative estimate of drug-likeness (QED) is 0.312. The lowest BCUT2D eigenvalue weighted by Gasteiger charge is -2.11. The second kappa shape index (κ2) is 6.60. The molecular weight excluding hydrogens is 370 g/mol. The van der Waals surface area contributed by atoms with Crippen LogP contribution in [-0.2, 0) is 0 Å². The molecule has 0 atom stereocenters. The van der Waals surface area contributed by atoms with Gasteiger partial charge >= 0.3 is 0 Å². The third-order valence-corrected chi connectivity index (χ3v) is 4.46. The van der Waals surface area contributed by atoms with Gasteiger partial charge in [-0.1, -0.05) is 0 Å². The summed E-state index contributed by atoms with van der Waals surface area (Å²) in [5.74, 6) is 0.00250. The number of nitrogens with zero attached hydrogens (tertiary/aromatic N) is 4. The molecule has 29 heavy (non-hydrogen) atoms. The Morgan fingerprint density at radius 1 is 0.862 bits per heavy atom. The number of rotatable bonds is 5. The van der Waals surface area contributed by atoms with Gasteiger partial charge in [-0.25, -0.2) is 4.98 Å². The van der Waals surface area contributed by atoms with Gasteiger partial charge in [0.25, 0.3) is 5.91 Å². The molecule has 6 N–H and O–H groups in total. The Morgan fingerprint density at radius 2 is 1.62 bits per heavy atom. The minimum absolute atomic E-state index is 0.186. The third-order valence-electron chi connectivity index (χ3n) is 4.46. The number of amides is 1. The van der Waals surface area contributed by atoms with Crippen molar-refractivity contribution in [3.05, 3.63) is 60.6 Å². The number of aromatic nitrogens is 6. The molecule has 0 aliphatic carbocycles. The minimum Gasteiger partial charge on any atom is -0.365 e. The number of nitrogens with one attached hydrogen (secondary N) is 4. The fourth-order valence-electron chi connectivity index (χ4n) is 3.02. The van der Waals surface area contributed by atoms with Crippen molar-refractivity contribution in [2.24, 2.45) is 5.73 Å². The number of anilines is 4. The van der Waals surface area contributed by atoms with Crippen LogP contribution in [0.4, 0.5) is 23.1 Å². The van der Waals surface area contributed by atoms with E-state index in [1.165, 1.54) is 6.20 Å². The summed E-state index contributed by atoms with van der Waals surface area (Å²) in [5.41, 5.74) is 8.98. The summed E-state index contributed by atoms with van der Waals surface area (Å²) in [7, 11) is 0. The first-order chi connectivity index (χ1) is 14.2. The molecule has 1 amide bonds. The number of nitrogens with two attached hydrogens (primary N) is 1. The third kappa shape index (κ3) is 3.18. The topological polar surface area (TPSA) is 150 Å². The lowest BCUT2D eigenvalue weighted by Crippen LogP contribution is -2.15. The smallest absolute Gasteiger partial charge is 0.254 e. The summed E-state index contributed by atoms with van der Waals surface area (Å²) >= 11 is 0. The van der Waals surface area contributed by atoms with Crippen LogP contribution in [0.5, 0.6) is 0 Å². The van der Waals surface area contributed by atoms with Crippen molar-refractivity contribution in [2.75, 3.05) is 10.6 Å². The predicted molar refractivity (Wildman–Crippen MR) is 109 cm³/mol. The van der Waals surface area contributed by atoms with E-state index in [2.05, 4.69) is 41.0 Å². The molecule has 0 saturated heterocycles. The average Bonchev–Trinajstić information content (AvgIpc) is 3.36. The molecule has 3 aromatic heterocycles. The number of hydrogen-bond donors (Lipinski definition) is 5. The average molecular weight is 385 g/mol. The number of hydrogen-bond acceptors (Lipinski definition) is 7. The van der Waals surface area contributed by atoms with Crippen molar-refractivity contribution in [1.29, 1.82) is 0 Å². The Balaban J connectivity index is 1.48. The van der Waals surface area contributed by atoms with Gasteiger partial charge in [0, 0.05) is 28.3 Å². The molecule has 142 valence electrons. The molecule has 0 radical (unpaired) electrons. The van der Waals surface area contributed by atoms with Gasteiger partial charge < -0.3 is 16.4 Å². The Labute approximate surface area is 163 Å². The molecular formula is C19H15N9O. The maximum atomic E-state index is 11.8. The second-order valence-electron chi connectivity index (χ2n) is 6.41. The number of benzene rings is 2. The van der Waals surface area contributed by atoms with Crippen molar-refractivity contribution in [2.45, 2.75) is 0 Å². The van der Waals surface area contributed by atoms with Crippen LogP contribution in [-0.4, -0.2) is 36.3 Å². The minimum atomic E-state index is -0.624. The largest absolute Gasteiger partial charge is 0.365 e. The van der Waals surface area contributed by atoms with E-state index in [9.17, 15) is 4.79 Å². The highest BCUT2D eigenvalue weighted by Gasteiger charge is 2.13. The first-order valence-corrected chi connectivity index (χ1v) is 8.73. The van der Waals surface area contributed by atoms with Gasteiger partial charge in [0.15, 0.2) is 0 Å². The van der Waals surface area contributed by atoms with Crippen molar-refractivity contribution < 1.29 is 4.79 Å². The van der Waals surface area contributed by atoms with Gasteiger partial charge in [-0.2, -0.15) is 15.2 Å². The highest BCUT2D eigenvalue weighted by Crippen LogP contribution is 2.24. The van der Waals surface area contributed by atoms with E-state index >= 15 is 0 Å². The number of fused-ring (bicyclic) bond motifs is 2. The second-order valence-corrected chi connectivity index (χ2v) is 6.41. The van der Waals surface area contributed by atoms with Crippen LogP contribution >= 0.6 is 0 Å². The van der Waals surface area contributed by atoms with Crippen LogP contribution in [0.15, 0.2) is 55.0 Å². The van der Waals surface area contributed by atoms with Crippen LogP contribution < -0.4 is 16.4 Å². The number of H-pyrrole nitrogens is 2. The number of aromatic amines is 2. The summed E-state index contributed by atoms with van der Waals surface area (Å²) in [6.45, 7) is 0. The van der Waals surface area contributed by atoms with Crippen LogP contribution in [0, 0.1) is 0 Å². The number of primary amides is 1. The van der Waals surface area contributed by atoms with Crippen LogP contribution in [0.3, 0.4) is 0 Å². The van der Waals surface area contributed by atoms with Gasteiger partial charge in [-0.15, -0.1) is 0 Å². The highest BCUT2D eigenvalue weighted by molar-refractivity contribution is 5.98. The SMILES string of the molecule is NC(=O)c1cnc(Nc2ccc3[nH]ncc3c2)nc1Nc1ccc2cn[nH]c2c1. The van der Waals surface area contributed by atoms with Crippen molar-refractivity contribution >= 4 is 50.9 Å². The zero-order chi connectivity index (χ0) is 19.8. The summed E-state index contributed by atoms with van der Waals surface area (Å²) in [6, 6.07) is 11.3. The Hall–Kier alpha value is -4.47. The van der Waals surface area contributed by atoms with Crippen molar-refractivity contribution in [1.82, 2.24) is 30.4 Å². The summed E-state index contributed by atoms with van der Waals surface area (Å²) in [5, 5.41) is 22.0. The van der Waals surface area contributed by atoms with Gasteiger partial charge in [0.2, 0.25) is 5.95 Å². The molecule has 3 heterocycles. The van der Waals surface area contributed by atoms with E-state index in [1.54, 1.807) is 12.4 Å². The highest BCUT2D eigenvalue weighted by atomic mass is 16.1. The standard InChI is InChI=1S/C19H15N9O/c20-17(29)14-9-21-19(25-12-3-4-15-11(5-12)8-23-27-15)26-18(14)24-13-2-1-10-7-22-28-16(10)6-13/h1-9H,(H2,20,29)(H,22,28)(H,23,27)(H2,21,24,25,26). The molecule has 0 fully saturated rings. The molecule has 5 aromatic rings. The summed E-state index contributed by atoms with van der Waals surface area (Å²) in [6.07, 6.45) is 4.86. The molecule has 5 rings (SSSR count). The first kappa shape index (κ1) is 16.7. The van der Waals surface area contributed by atoms with Gasteiger partial charge in [0.05, 0.1) is 23.4 Å². The summed E-state index contributed by atoms with van der Waals surface area (Å²) < 4.78 is 0. The summed E-state index contributed by atoms with van der Waals surface area (Å²) in [4.78, 5) is 20.5. The van der Waals surface area contributed by atoms with Crippen molar-refractivity contribution in [3.8, 4) is 0 Å². The Kier molecular flexibility index (Phi) is 3.80. The van der Waals surface area contributed by atoms with Crippen LogP contribution in [0.2, 0.25) is 0 Å². The van der Waals surface area contributed by atoms with E-state index in [1.807, 2.05) is 36.4 Å². The number of carbonyl (C=O) groups is 1. The van der Waals surface area contributed by atoms with E-state index in [0.717, 1.165) is 33.2 Å². The zero-order valence-corrected chi connectivity index (χ0v) is 15.0. The molecule has 2 aromatic carbocycles. The Morgan fingerprint density at radius 3 is 2.48 bits per heavy atom. The lowest BCUT2D eigenvalue weighted by molar-refractivity contribution is 0.100. The van der Waals surface area contributed by atoms with Crippen LogP contribution in [0.1, 0.15) is 10.4 Å². The maximum absolute atomic E-state index is 11.8. The predicted octanol–water partition coefficient (Wildman–Crippen LogP) is 2.82. The molecule has 10 heteroatoms. The maximum Gasteiger partial charge on any atom is 0.254 e. The fourth-order valence-corrected chi connectivity index (χ4v) is 3.02. The molecule has 0 saturated carbocycles. The molecule has 10 nitrogen and oxygen atoms in total. The van der Waals surface area contributed by atoms with E-state index in [0.29, 0.717) is 11.8 Å². The van der Waals surface area contributed by atoms with Crippen molar-refractivity contribution in [3.63, 3.8) is 0 Å². The first-order valence-electron chi connectivity index (χ1n) is 8.73. The molecule has 0 spiro atoms. The fraction of sp³-hybridized carbons (Fsp3) is 0. The molecule has 0 bridgehead atoms. The molecule has 0 aliphatic rings. The monoisotopic (exact) mass is 385 g/mol. The van der Waals surface area contributed by atoms with E-state index in [4.69, 9.17) is 5.73 Å². The molecule has 0 unspecified atom stereocenters.